The molecule has 0 saturated heterocycles. The molecule has 0 bridgehead atoms. The normalized spacial score (nSPS) is 11.4. The second-order valence-electron chi connectivity index (χ2n) is 8.35. The summed E-state index contributed by atoms with van der Waals surface area (Å²) in [6.07, 6.45) is 0. The van der Waals surface area contributed by atoms with Crippen LogP contribution in [0.1, 0.15) is 0 Å². The zero-order valence-corrected chi connectivity index (χ0v) is 19.5. The number of hydrogen-bond donors (Lipinski definition) is 0. The van der Waals surface area contributed by atoms with Gasteiger partial charge in [-0.25, -0.2) is 43.9 Å². The summed E-state index contributed by atoms with van der Waals surface area (Å²) in [6, 6.07) is 4.44. The van der Waals surface area contributed by atoms with Gasteiger partial charge < -0.3 is 9.31 Å². The molecule has 15 heteroatoms. The van der Waals surface area contributed by atoms with Crippen LogP contribution in [-0.4, -0.2) is 7.12 Å². The molecule has 0 unspecified atom stereocenters. The highest BCUT2D eigenvalue weighted by Crippen LogP contribution is 2.35. The second-order valence-corrected chi connectivity index (χ2v) is 8.35. The molecule has 0 N–H and O–H groups in total. The highest BCUT2D eigenvalue weighted by atomic mass is 19.2. The lowest BCUT2D eigenvalue weighted by Crippen LogP contribution is -2.44. The molecule has 0 heterocycles. The van der Waals surface area contributed by atoms with E-state index in [1.807, 2.05) is 0 Å². The highest BCUT2D eigenvalue weighted by molar-refractivity contribution is 6.65. The van der Waals surface area contributed by atoms with Gasteiger partial charge in [0.15, 0.2) is 29.0 Å². The molecule has 0 aliphatic rings. The largest absolute Gasteiger partial charge is 0.633 e. The smallest absolute Gasteiger partial charge is 0.521 e. The van der Waals surface area contributed by atoms with Crippen LogP contribution in [0.25, 0.3) is 21.5 Å². The fraction of sp³-hybridized carbons (Fsp3) is 0. The van der Waals surface area contributed by atoms with Crippen molar-refractivity contribution in [2.75, 3.05) is 0 Å². The van der Waals surface area contributed by atoms with Crippen molar-refractivity contribution < 1.29 is 62.0 Å². The average molecular weight is 590 g/mol. The van der Waals surface area contributed by atoms with Gasteiger partial charge in [0.1, 0.15) is 23.2 Å². The summed E-state index contributed by atoms with van der Waals surface area (Å²) in [5.74, 6) is -28.1. The number of fused-ring (bicyclic) bond motifs is 2. The standard InChI is InChI=1S/C26H7BF12O2/c28-8-6-10-11(4-5-12(29)15(10)13(30)7-8)27(41-26-24(38)22(36)21(35)23(37)25(26)39)40-14-3-1-2-9-16(14)18(32)20(34)19(33)17(9)31/h1-7H. The van der Waals surface area contributed by atoms with Crippen LogP contribution in [0.15, 0.2) is 42.5 Å². The number of rotatable bonds is 5. The first-order chi connectivity index (χ1) is 19.3. The van der Waals surface area contributed by atoms with E-state index in [0.29, 0.717) is 18.2 Å². The van der Waals surface area contributed by atoms with Crippen LogP contribution < -0.4 is 14.8 Å². The quantitative estimate of drug-likeness (QED) is 0.0914. The van der Waals surface area contributed by atoms with E-state index in [2.05, 4.69) is 0 Å². The van der Waals surface area contributed by atoms with Gasteiger partial charge in [0.2, 0.25) is 29.1 Å². The van der Waals surface area contributed by atoms with Crippen molar-refractivity contribution in [3.05, 3.63) is 112 Å². The molecule has 0 aliphatic heterocycles. The van der Waals surface area contributed by atoms with Crippen molar-refractivity contribution >= 4 is 34.1 Å². The van der Waals surface area contributed by atoms with E-state index in [-0.39, 0.29) is 6.07 Å². The SMILES string of the molecule is Fc1cc(F)c2c(F)ccc(B(Oc3c(F)c(F)c(F)c(F)c3F)Oc3cccc4c(F)c(F)c(F)c(F)c34)c2c1. The van der Waals surface area contributed by atoms with E-state index in [1.54, 1.807) is 0 Å². The monoisotopic (exact) mass is 590 g/mol. The highest BCUT2D eigenvalue weighted by Gasteiger charge is 2.36. The van der Waals surface area contributed by atoms with Crippen molar-refractivity contribution in [2.24, 2.45) is 0 Å². The Morgan fingerprint density at radius 1 is 0.463 bits per heavy atom. The van der Waals surface area contributed by atoms with Gasteiger partial charge in [-0.1, -0.05) is 18.2 Å². The Morgan fingerprint density at radius 3 is 1.71 bits per heavy atom. The maximum Gasteiger partial charge on any atom is 0.633 e. The Kier molecular flexibility index (Phi) is 6.91. The molecule has 0 amide bonds. The zero-order chi connectivity index (χ0) is 29.9. The third kappa shape index (κ3) is 4.44. The van der Waals surface area contributed by atoms with Crippen molar-refractivity contribution in [3.63, 3.8) is 0 Å². The Morgan fingerprint density at radius 2 is 1.05 bits per heavy atom. The van der Waals surface area contributed by atoms with Gasteiger partial charge >= 0.3 is 7.12 Å². The minimum atomic E-state index is -2.58. The number of benzene rings is 5. The Labute approximate surface area is 220 Å². The topological polar surface area (TPSA) is 18.5 Å². The van der Waals surface area contributed by atoms with Gasteiger partial charge in [0.25, 0.3) is 0 Å². The molecule has 0 aliphatic carbocycles. The van der Waals surface area contributed by atoms with Crippen molar-refractivity contribution in [2.45, 2.75) is 0 Å². The first kappa shape index (κ1) is 28.0. The number of halogens is 12. The van der Waals surface area contributed by atoms with Gasteiger partial charge in [-0.2, -0.15) is 8.78 Å². The van der Waals surface area contributed by atoms with Crippen LogP contribution in [0.5, 0.6) is 11.5 Å². The lowest BCUT2D eigenvalue weighted by atomic mass is 9.75. The van der Waals surface area contributed by atoms with Crippen molar-refractivity contribution in [1.82, 2.24) is 0 Å². The molecule has 0 fully saturated rings. The summed E-state index contributed by atoms with van der Waals surface area (Å²) in [7, 11) is -2.58. The Hall–Kier alpha value is -4.56. The van der Waals surface area contributed by atoms with Crippen LogP contribution in [0, 0.1) is 69.8 Å². The molecular formula is C26H7BF12O2. The molecule has 0 atom stereocenters. The summed E-state index contributed by atoms with van der Waals surface area (Å²) in [6.45, 7) is 0. The molecular weight excluding hydrogens is 583 g/mol. The number of hydrogen-bond acceptors (Lipinski definition) is 2. The Balaban J connectivity index is 1.80. The summed E-state index contributed by atoms with van der Waals surface area (Å²) in [5.41, 5.74) is -0.732. The molecule has 5 aromatic rings. The minimum absolute atomic E-state index is 0.260. The molecule has 0 spiro atoms. The maximum absolute atomic E-state index is 14.8. The molecule has 210 valence electrons. The first-order valence-corrected chi connectivity index (χ1v) is 11.0. The van der Waals surface area contributed by atoms with E-state index in [4.69, 9.17) is 9.31 Å². The zero-order valence-electron chi connectivity index (χ0n) is 19.5. The van der Waals surface area contributed by atoms with E-state index in [0.717, 1.165) is 18.2 Å². The summed E-state index contributed by atoms with van der Waals surface area (Å²) >= 11 is 0. The first-order valence-electron chi connectivity index (χ1n) is 11.0. The van der Waals surface area contributed by atoms with Crippen LogP contribution in [0.4, 0.5) is 52.7 Å². The molecule has 5 rings (SSSR count). The second kappa shape index (κ2) is 10.1. The van der Waals surface area contributed by atoms with E-state index in [1.165, 1.54) is 0 Å². The van der Waals surface area contributed by atoms with Gasteiger partial charge in [0.05, 0.1) is 10.8 Å². The van der Waals surface area contributed by atoms with Crippen LogP contribution in [0.2, 0.25) is 0 Å². The van der Waals surface area contributed by atoms with Crippen molar-refractivity contribution in [1.29, 1.82) is 0 Å². The van der Waals surface area contributed by atoms with Crippen molar-refractivity contribution in [3.8, 4) is 11.5 Å². The summed E-state index contributed by atoms with van der Waals surface area (Å²) in [4.78, 5) is 0. The molecule has 0 aromatic heterocycles. The van der Waals surface area contributed by atoms with Crippen LogP contribution >= 0.6 is 0 Å². The Bertz CT molecular complexity index is 1870. The van der Waals surface area contributed by atoms with E-state index < -0.39 is 115 Å². The predicted octanol–water partition coefficient (Wildman–Crippen LogP) is 7.52. The van der Waals surface area contributed by atoms with Gasteiger partial charge in [0, 0.05) is 16.9 Å². The lowest BCUT2D eigenvalue weighted by molar-refractivity contribution is 0.335. The predicted molar refractivity (Wildman–Crippen MR) is 120 cm³/mol. The fourth-order valence-electron chi connectivity index (χ4n) is 4.11. The van der Waals surface area contributed by atoms with E-state index >= 15 is 0 Å². The minimum Gasteiger partial charge on any atom is -0.521 e. The molecule has 5 aromatic carbocycles. The third-order valence-electron chi connectivity index (χ3n) is 5.96. The molecule has 0 saturated carbocycles. The van der Waals surface area contributed by atoms with Crippen LogP contribution in [-0.2, 0) is 0 Å². The van der Waals surface area contributed by atoms with E-state index in [9.17, 15) is 52.7 Å². The van der Waals surface area contributed by atoms with Gasteiger partial charge in [-0.15, -0.1) is 0 Å². The lowest BCUT2D eigenvalue weighted by Gasteiger charge is -2.21. The maximum atomic E-state index is 14.8. The molecule has 2 nitrogen and oxygen atoms in total. The van der Waals surface area contributed by atoms with Gasteiger partial charge in [-0.3, -0.25) is 0 Å². The molecule has 0 radical (unpaired) electrons. The average Bonchev–Trinajstić information content (AvgIpc) is 2.94. The van der Waals surface area contributed by atoms with Gasteiger partial charge in [-0.05, 0) is 23.6 Å². The fourth-order valence-corrected chi connectivity index (χ4v) is 4.11. The van der Waals surface area contributed by atoms with Crippen LogP contribution in [0.3, 0.4) is 0 Å². The summed E-state index contributed by atoms with van der Waals surface area (Å²) in [5, 5.41) is -3.73. The molecule has 41 heavy (non-hydrogen) atoms. The third-order valence-corrected chi connectivity index (χ3v) is 5.96. The summed E-state index contributed by atoms with van der Waals surface area (Å²) < 4.78 is 181.